The zero-order chi connectivity index (χ0) is 13.7. The summed E-state index contributed by atoms with van der Waals surface area (Å²) in [5.74, 6) is 0.839. The van der Waals surface area contributed by atoms with Gasteiger partial charge in [0.15, 0.2) is 5.01 Å². The van der Waals surface area contributed by atoms with Crippen molar-refractivity contribution < 1.29 is 4.74 Å². The molecule has 0 atom stereocenters. The third-order valence-electron chi connectivity index (χ3n) is 2.49. The van der Waals surface area contributed by atoms with Crippen molar-refractivity contribution in [2.24, 2.45) is 0 Å². The zero-order valence-corrected chi connectivity index (χ0v) is 12.2. The van der Waals surface area contributed by atoms with Crippen molar-refractivity contribution in [1.29, 1.82) is 0 Å². The summed E-state index contributed by atoms with van der Waals surface area (Å²) in [5, 5.41) is 12.9. The molecule has 2 aromatic rings. The summed E-state index contributed by atoms with van der Waals surface area (Å²) in [4.78, 5) is 2.04. The van der Waals surface area contributed by atoms with Gasteiger partial charge in [-0.2, -0.15) is 0 Å². The molecule has 0 bridgehead atoms. The highest BCUT2D eigenvalue weighted by Gasteiger charge is 2.04. The van der Waals surface area contributed by atoms with Crippen LogP contribution in [0.3, 0.4) is 0 Å². The molecule has 0 amide bonds. The maximum absolute atomic E-state index is 5.73. The Hall–Kier alpha value is -1.82. The molecule has 1 aromatic carbocycles. The molecule has 19 heavy (non-hydrogen) atoms. The molecule has 0 aliphatic carbocycles. The maximum Gasteiger partial charge on any atom is 0.205 e. The second kappa shape index (κ2) is 6.38. The molecule has 0 fully saturated rings. The molecule has 0 aliphatic heterocycles. The molecule has 0 saturated carbocycles. The van der Waals surface area contributed by atoms with Crippen LogP contribution >= 0.6 is 11.3 Å². The molecule has 102 valence electrons. The molecule has 0 saturated heterocycles. The van der Waals surface area contributed by atoms with Crippen LogP contribution in [0.2, 0.25) is 0 Å². The van der Waals surface area contributed by atoms with Crippen molar-refractivity contribution in [3.8, 4) is 5.75 Å². The summed E-state index contributed by atoms with van der Waals surface area (Å²) in [7, 11) is 4.01. The molecular weight excluding hydrogens is 260 g/mol. The SMILES string of the molecule is CCNc1nnc(COc2cccc(N(C)C)c2)s1. The van der Waals surface area contributed by atoms with E-state index in [1.165, 1.54) is 11.3 Å². The fourth-order valence-electron chi connectivity index (χ4n) is 1.53. The number of hydrogen-bond donors (Lipinski definition) is 1. The number of hydrogen-bond acceptors (Lipinski definition) is 6. The van der Waals surface area contributed by atoms with Gasteiger partial charge in [0.2, 0.25) is 5.13 Å². The zero-order valence-electron chi connectivity index (χ0n) is 11.4. The van der Waals surface area contributed by atoms with Crippen molar-refractivity contribution in [3.63, 3.8) is 0 Å². The first-order chi connectivity index (χ1) is 9.19. The first-order valence-corrected chi connectivity index (χ1v) is 6.97. The van der Waals surface area contributed by atoms with Gasteiger partial charge in [-0.15, -0.1) is 10.2 Å². The van der Waals surface area contributed by atoms with Crippen LogP contribution in [0, 0.1) is 0 Å². The number of nitrogens with zero attached hydrogens (tertiary/aromatic N) is 3. The van der Waals surface area contributed by atoms with E-state index in [1.807, 2.05) is 50.2 Å². The largest absolute Gasteiger partial charge is 0.486 e. The minimum atomic E-state index is 0.444. The van der Waals surface area contributed by atoms with E-state index in [-0.39, 0.29) is 0 Å². The molecule has 0 radical (unpaired) electrons. The van der Waals surface area contributed by atoms with Crippen LogP contribution in [-0.2, 0) is 6.61 Å². The highest BCUT2D eigenvalue weighted by atomic mass is 32.1. The number of aromatic nitrogens is 2. The van der Waals surface area contributed by atoms with Gasteiger partial charge in [0, 0.05) is 32.4 Å². The Balaban J connectivity index is 1.95. The quantitative estimate of drug-likeness (QED) is 0.880. The van der Waals surface area contributed by atoms with Gasteiger partial charge in [-0.1, -0.05) is 17.4 Å². The van der Waals surface area contributed by atoms with E-state index in [2.05, 4.69) is 15.5 Å². The number of rotatable bonds is 6. The lowest BCUT2D eigenvalue weighted by Gasteiger charge is -2.13. The molecule has 5 nitrogen and oxygen atoms in total. The summed E-state index contributed by atoms with van der Waals surface area (Å²) in [6.07, 6.45) is 0. The first-order valence-electron chi connectivity index (χ1n) is 6.15. The standard InChI is InChI=1S/C13H18N4OS/c1-4-14-13-16-15-12(19-13)9-18-11-7-5-6-10(8-11)17(2)3/h5-8H,4,9H2,1-3H3,(H,14,16). The Morgan fingerprint density at radius 2 is 2.16 bits per heavy atom. The van der Waals surface area contributed by atoms with Gasteiger partial charge in [0.05, 0.1) is 0 Å². The maximum atomic E-state index is 5.73. The fourth-order valence-corrected chi connectivity index (χ4v) is 2.25. The van der Waals surface area contributed by atoms with Crippen LogP contribution in [0.5, 0.6) is 5.75 Å². The Morgan fingerprint density at radius 3 is 2.89 bits per heavy atom. The van der Waals surface area contributed by atoms with Crippen molar-refractivity contribution in [3.05, 3.63) is 29.3 Å². The van der Waals surface area contributed by atoms with Gasteiger partial charge in [0.1, 0.15) is 12.4 Å². The van der Waals surface area contributed by atoms with Crippen molar-refractivity contribution in [2.45, 2.75) is 13.5 Å². The highest BCUT2D eigenvalue weighted by molar-refractivity contribution is 7.15. The van der Waals surface area contributed by atoms with Gasteiger partial charge >= 0.3 is 0 Å². The summed E-state index contributed by atoms with van der Waals surface area (Å²) in [5.41, 5.74) is 1.11. The third-order valence-corrected chi connectivity index (χ3v) is 3.35. The summed E-state index contributed by atoms with van der Waals surface area (Å²) >= 11 is 1.52. The monoisotopic (exact) mass is 278 g/mol. The number of ether oxygens (including phenoxy) is 1. The molecule has 0 aliphatic rings. The topological polar surface area (TPSA) is 50.3 Å². The van der Waals surface area contributed by atoms with Gasteiger partial charge in [-0.25, -0.2) is 0 Å². The van der Waals surface area contributed by atoms with Crippen molar-refractivity contribution in [2.75, 3.05) is 30.9 Å². The molecular formula is C13H18N4OS. The minimum absolute atomic E-state index is 0.444. The average Bonchev–Trinajstić information content (AvgIpc) is 2.85. The summed E-state index contributed by atoms with van der Waals surface area (Å²) in [6.45, 7) is 3.32. The molecule has 1 heterocycles. The predicted octanol–water partition coefficient (Wildman–Crippen LogP) is 2.61. The molecule has 0 unspecified atom stereocenters. The molecule has 1 N–H and O–H groups in total. The van der Waals surface area contributed by atoms with Crippen LogP contribution in [0.15, 0.2) is 24.3 Å². The van der Waals surface area contributed by atoms with Crippen molar-refractivity contribution in [1.82, 2.24) is 10.2 Å². The van der Waals surface area contributed by atoms with E-state index in [1.54, 1.807) is 0 Å². The third kappa shape index (κ3) is 3.82. The van der Waals surface area contributed by atoms with E-state index >= 15 is 0 Å². The first kappa shape index (κ1) is 13.6. The number of nitrogens with one attached hydrogen (secondary N) is 1. The second-order valence-corrected chi connectivity index (χ2v) is 5.27. The molecule has 1 aromatic heterocycles. The molecule has 6 heteroatoms. The molecule has 0 spiro atoms. The Kier molecular flexibility index (Phi) is 4.57. The normalized spacial score (nSPS) is 10.3. The van der Waals surface area contributed by atoms with Crippen LogP contribution < -0.4 is 15.0 Å². The lowest BCUT2D eigenvalue weighted by molar-refractivity contribution is 0.304. The Bertz CT molecular complexity index is 527. The lowest BCUT2D eigenvalue weighted by atomic mass is 10.3. The van der Waals surface area contributed by atoms with Crippen LogP contribution in [0.4, 0.5) is 10.8 Å². The van der Waals surface area contributed by atoms with Gasteiger partial charge in [0.25, 0.3) is 0 Å². The Labute approximate surface area is 117 Å². The van der Waals surface area contributed by atoms with Crippen LogP contribution in [0.1, 0.15) is 11.9 Å². The lowest BCUT2D eigenvalue weighted by Crippen LogP contribution is -2.08. The molecule has 2 rings (SSSR count). The van der Waals surface area contributed by atoms with Gasteiger partial charge in [-0.05, 0) is 19.1 Å². The van der Waals surface area contributed by atoms with E-state index in [9.17, 15) is 0 Å². The van der Waals surface area contributed by atoms with Crippen LogP contribution in [-0.4, -0.2) is 30.8 Å². The van der Waals surface area contributed by atoms with E-state index < -0.39 is 0 Å². The summed E-state index contributed by atoms with van der Waals surface area (Å²) < 4.78 is 5.73. The van der Waals surface area contributed by atoms with E-state index in [4.69, 9.17) is 4.74 Å². The Morgan fingerprint density at radius 1 is 1.32 bits per heavy atom. The minimum Gasteiger partial charge on any atom is -0.486 e. The van der Waals surface area contributed by atoms with E-state index in [0.29, 0.717) is 6.61 Å². The number of benzene rings is 1. The smallest absolute Gasteiger partial charge is 0.205 e. The van der Waals surface area contributed by atoms with Gasteiger partial charge in [-0.3, -0.25) is 0 Å². The second-order valence-electron chi connectivity index (χ2n) is 4.21. The average molecular weight is 278 g/mol. The highest BCUT2D eigenvalue weighted by Crippen LogP contribution is 2.21. The predicted molar refractivity (Wildman–Crippen MR) is 79.2 cm³/mol. The van der Waals surface area contributed by atoms with Crippen LogP contribution in [0.25, 0.3) is 0 Å². The van der Waals surface area contributed by atoms with E-state index in [0.717, 1.165) is 28.1 Å². The fraction of sp³-hybridized carbons (Fsp3) is 0.385. The summed E-state index contributed by atoms with van der Waals surface area (Å²) in [6, 6.07) is 7.97. The van der Waals surface area contributed by atoms with Gasteiger partial charge < -0.3 is 15.0 Å². The number of anilines is 2. The van der Waals surface area contributed by atoms with Crippen molar-refractivity contribution >= 4 is 22.2 Å².